The number of amides is 1. The van der Waals surface area contributed by atoms with E-state index in [4.69, 9.17) is 4.74 Å². The van der Waals surface area contributed by atoms with Gasteiger partial charge in [-0.1, -0.05) is 0 Å². The number of nitrogens with zero attached hydrogens (tertiary/aromatic N) is 2. The fraction of sp³-hybridized carbons (Fsp3) is 0.708. The number of hydrogen-bond donors (Lipinski definition) is 0. The standard InChI is InChI=1S/C24H31FN2O4S/c25-20-1-3-21(4-2-20)32(29,30)27-9-10-31-24(27)5-7-26(8-6-24)22(28)23-14-17-11-18(15-23)13-19(12-17)16-23/h1-4,17-19H,5-16H2. The fourth-order valence-corrected chi connectivity index (χ4v) is 9.55. The Morgan fingerprint density at radius 3 is 2.06 bits per heavy atom. The van der Waals surface area contributed by atoms with Gasteiger partial charge in [0.2, 0.25) is 15.9 Å². The molecule has 1 amide bonds. The van der Waals surface area contributed by atoms with Crippen LogP contribution in [0.2, 0.25) is 0 Å². The normalized spacial score (nSPS) is 36.2. The largest absolute Gasteiger partial charge is 0.358 e. The van der Waals surface area contributed by atoms with Gasteiger partial charge >= 0.3 is 0 Å². The SMILES string of the molecule is O=C(N1CCC2(CC1)OCCN2S(=O)(=O)c1ccc(F)cc1)C12CC3CC(CC(C3)C1)C2. The molecule has 2 aliphatic heterocycles. The average molecular weight is 463 g/mol. The minimum absolute atomic E-state index is 0.0795. The van der Waals surface area contributed by atoms with Crippen LogP contribution in [0.1, 0.15) is 51.4 Å². The van der Waals surface area contributed by atoms with E-state index >= 15 is 0 Å². The molecule has 6 aliphatic rings. The first-order valence-electron chi connectivity index (χ1n) is 12.0. The highest BCUT2D eigenvalue weighted by molar-refractivity contribution is 7.89. The first-order chi connectivity index (χ1) is 15.3. The molecule has 2 saturated heterocycles. The van der Waals surface area contributed by atoms with Crippen molar-refractivity contribution in [3.05, 3.63) is 30.1 Å². The molecule has 1 spiro atoms. The number of hydrogen-bond acceptors (Lipinski definition) is 4. The predicted octanol–water partition coefficient (Wildman–Crippen LogP) is 3.38. The highest BCUT2D eigenvalue weighted by atomic mass is 32.2. The van der Waals surface area contributed by atoms with Crippen LogP contribution >= 0.6 is 0 Å². The number of carbonyl (C=O) groups excluding carboxylic acids is 1. The molecule has 6 nitrogen and oxygen atoms in total. The molecule has 0 N–H and O–H groups in total. The Labute approximate surface area is 189 Å². The molecule has 32 heavy (non-hydrogen) atoms. The number of piperidine rings is 1. The molecule has 4 aliphatic carbocycles. The van der Waals surface area contributed by atoms with Crippen molar-refractivity contribution in [2.24, 2.45) is 23.2 Å². The van der Waals surface area contributed by atoms with E-state index in [0.29, 0.717) is 38.4 Å². The Hall–Kier alpha value is -1.51. The molecule has 0 unspecified atom stereocenters. The van der Waals surface area contributed by atoms with Crippen LogP contribution in [-0.2, 0) is 19.6 Å². The highest BCUT2D eigenvalue weighted by Crippen LogP contribution is 2.60. The fourth-order valence-electron chi connectivity index (χ4n) is 7.83. The summed E-state index contributed by atoms with van der Waals surface area (Å²) in [6.45, 7) is 1.66. The third kappa shape index (κ3) is 3.16. The van der Waals surface area contributed by atoms with Gasteiger partial charge in [-0.25, -0.2) is 12.8 Å². The summed E-state index contributed by atoms with van der Waals surface area (Å²) >= 11 is 0. The molecule has 0 aromatic heterocycles. The highest BCUT2D eigenvalue weighted by Gasteiger charge is 2.57. The summed E-state index contributed by atoms with van der Waals surface area (Å²) in [5, 5.41) is 0. The van der Waals surface area contributed by atoms with Gasteiger partial charge in [0.05, 0.1) is 16.9 Å². The lowest BCUT2D eigenvalue weighted by Gasteiger charge is -2.57. The number of benzene rings is 1. The monoisotopic (exact) mass is 462 g/mol. The van der Waals surface area contributed by atoms with Crippen molar-refractivity contribution in [2.45, 2.75) is 62.0 Å². The first-order valence-corrected chi connectivity index (χ1v) is 13.5. The van der Waals surface area contributed by atoms with E-state index < -0.39 is 21.6 Å². The minimum Gasteiger partial charge on any atom is -0.358 e. The maximum atomic E-state index is 13.7. The van der Waals surface area contributed by atoms with Crippen molar-refractivity contribution in [1.82, 2.24) is 9.21 Å². The smallest absolute Gasteiger partial charge is 0.245 e. The van der Waals surface area contributed by atoms with Crippen molar-refractivity contribution < 1.29 is 22.3 Å². The zero-order chi connectivity index (χ0) is 22.1. The van der Waals surface area contributed by atoms with Gasteiger partial charge in [-0.3, -0.25) is 4.79 Å². The molecule has 7 rings (SSSR count). The lowest BCUT2D eigenvalue weighted by molar-refractivity contribution is -0.164. The molecule has 1 aromatic carbocycles. The van der Waals surface area contributed by atoms with E-state index in [2.05, 4.69) is 0 Å². The molecular formula is C24H31FN2O4S. The number of halogens is 1. The second kappa shape index (κ2) is 7.24. The van der Waals surface area contributed by atoms with Crippen LogP contribution in [-0.4, -0.2) is 55.5 Å². The van der Waals surface area contributed by atoms with Gasteiger partial charge in [0.25, 0.3) is 0 Å². The molecule has 1 aromatic rings. The molecule has 0 radical (unpaired) electrons. The summed E-state index contributed by atoms with van der Waals surface area (Å²) in [5.41, 5.74) is -1.08. The Morgan fingerprint density at radius 2 is 1.50 bits per heavy atom. The number of ether oxygens (including phenoxy) is 1. The Bertz CT molecular complexity index is 982. The van der Waals surface area contributed by atoms with Crippen LogP contribution in [0.4, 0.5) is 4.39 Å². The van der Waals surface area contributed by atoms with E-state index in [1.807, 2.05) is 4.90 Å². The van der Waals surface area contributed by atoms with Crippen LogP contribution in [0.15, 0.2) is 29.2 Å². The summed E-state index contributed by atoms with van der Waals surface area (Å²) in [6, 6.07) is 4.96. The van der Waals surface area contributed by atoms with Gasteiger partial charge in [0, 0.05) is 32.5 Å². The van der Waals surface area contributed by atoms with Gasteiger partial charge in [-0.05, 0) is 80.5 Å². The summed E-state index contributed by atoms with van der Waals surface area (Å²) in [6.07, 6.45) is 8.00. The summed E-state index contributed by atoms with van der Waals surface area (Å²) in [7, 11) is -3.80. The van der Waals surface area contributed by atoms with Crippen LogP contribution in [0.3, 0.4) is 0 Å². The van der Waals surface area contributed by atoms with E-state index in [9.17, 15) is 17.6 Å². The van der Waals surface area contributed by atoms with Gasteiger partial charge < -0.3 is 9.64 Å². The quantitative estimate of drug-likeness (QED) is 0.691. The van der Waals surface area contributed by atoms with E-state index in [1.54, 1.807) is 0 Å². The molecule has 0 atom stereocenters. The number of sulfonamides is 1. The van der Waals surface area contributed by atoms with Crippen molar-refractivity contribution in [3.63, 3.8) is 0 Å². The molecule has 6 fully saturated rings. The molecule has 4 saturated carbocycles. The summed E-state index contributed by atoms with van der Waals surface area (Å²) in [5.74, 6) is 1.99. The molecular weight excluding hydrogens is 431 g/mol. The Kier molecular flexibility index (Phi) is 4.76. The molecule has 8 heteroatoms. The van der Waals surface area contributed by atoms with Gasteiger partial charge in [-0.15, -0.1) is 0 Å². The summed E-state index contributed by atoms with van der Waals surface area (Å²) in [4.78, 5) is 15.8. The summed E-state index contributed by atoms with van der Waals surface area (Å²) < 4.78 is 47.4. The van der Waals surface area contributed by atoms with Crippen molar-refractivity contribution in [2.75, 3.05) is 26.2 Å². The average Bonchev–Trinajstić information content (AvgIpc) is 3.17. The van der Waals surface area contributed by atoms with Crippen molar-refractivity contribution in [1.29, 1.82) is 0 Å². The van der Waals surface area contributed by atoms with Gasteiger partial charge in [-0.2, -0.15) is 4.31 Å². The zero-order valence-corrected chi connectivity index (χ0v) is 19.2. The van der Waals surface area contributed by atoms with Crippen molar-refractivity contribution >= 4 is 15.9 Å². The lowest BCUT2D eigenvalue weighted by Crippen LogP contribution is -2.59. The lowest BCUT2D eigenvalue weighted by atomic mass is 9.49. The second-order valence-corrected chi connectivity index (χ2v) is 12.7. The minimum atomic E-state index is -3.80. The maximum Gasteiger partial charge on any atom is 0.245 e. The molecule has 2 heterocycles. The third-order valence-electron chi connectivity index (χ3n) is 8.85. The Morgan fingerprint density at radius 1 is 0.938 bits per heavy atom. The zero-order valence-electron chi connectivity index (χ0n) is 18.3. The Balaban J connectivity index is 1.19. The first kappa shape index (κ1) is 21.1. The van der Waals surface area contributed by atoms with E-state index in [0.717, 1.165) is 37.0 Å². The number of likely N-dealkylation sites (tertiary alicyclic amines) is 1. The third-order valence-corrected chi connectivity index (χ3v) is 10.8. The number of rotatable bonds is 3. The van der Waals surface area contributed by atoms with Crippen molar-refractivity contribution in [3.8, 4) is 0 Å². The van der Waals surface area contributed by atoms with Crippen LogP contribution in [0.5, 0.6) is 0 Å². The topological polar surface area (TPSA) is 66.9 Å². The van der Waals surface area contributed by atoms with Gasteiger partial charge in [0.1, 0.15) is 11.5 Å². The van der Waals surface area contributed by atoms with E-state index in [1.165, 1.54) is 47.8 Å². The molecule has 174 valence electrons. The predicted molar refractivity (Wildman–Crippen MR) is 115 cm³/mol. The number of carbonyl (C=O) groups is 1. The van der Waals surface area contributed by atoms with E-state index in [-0.39, 0.29) is 16.9 Å². The second-order valence-electron chi connectivity index (χ2n) is 10.8. The maximum absolute atomic E-state index is 13.7. The van der Waals surface area contributed by atoms with Gasteiger partial charge in [0.15, 0.2) is 0 Å². The van der Waals surface area contributed by atoms with Crippen LogP contribution < -0.4 is 0 Å². The molecule has 4 bridgehead atoms. The van der Waals surface area contributed by atoms with Crippen LogP contribution in [0, 0.1) is 29.0 Å². The van der Waals surface area contributed by atoms with Crippen LogP contribution in [0.25, 0.3) is 0 Å².